The second-order valence-electron chi connectivity index (χ2n) is 5.93. The Morgan fingerprint density at radius 3 is 2.48 bits per heavy atom. The van der Waals surface area contributed by atoms with Gasteiger partial charge >= 0.3 is 0 Å². The molecule has 21 heavy (non-hydrogen) atoms. The molecule has 0 aliphatic rings. The summed E-state index contributed by atoms with van der Waals surface area (Å²) in [7, 11) is 1.92. The minimum absolute atomic E-state index is 0.628. The summed E-state index contributed by atoms with van der Waals surface area (Å²) in [6, 6.07) is 8.08. The maximum absolute atomic E-state index is 6.03. The number of hydrogen-bond donors (Lipinski definition) is 1. The van der Waals surface area contributed by atoms with Crippen molar-refractivity contribution < 1.29 is 4.74 Å². The minimum Gasteiger partial charge on any atom is -0.439 e. The lowest BCUT2D eigenvalue weighted by molar-refractivity contribution is 0.422. The number of nitrogens with zero attached hydrogens (tertiary/aromatic N) is 2. The fraction of sp³-hybridized carbons (Fsp3) is 0.471. The molecule has 0 aliphatic heterocycles. The number of aryl methyl sites for hydroxylation is 3. The molecule has 114 valence electrons. The molecule has 0 saturated heterocycles. The Bertz CT molecular complexity index is 585. The molecular formula is C17H25N3O. The van der Waals surface area contributed by atoms with E-state index in [4.69, 9.17) is 4.74 Å². The van der Waals surface area contributed by atoms with Crippen molar-refractivity contribution in [3.05, 3.63) is 41.1 Å². The Labute approximate surface area is 127 Å². The molecule has 0 atom stereocenters. The number of aromatic nitrogens is 2. The second kappa shape index (κ2) is 6.76. The van der Waals surface area contributed by atoms with Gasteiger partial charge in [0.1, 0.15) is 5.75 Å². The predicted octanol–water partition coefficient (Wildman–Crippen LogP) is 3.57. The fourth-order valence-corrected chi connectivity index (χ4v) is 2.22. The van der Waals surface area contributed by atoms with E-state index in [0.717, 1.165) is 36.0 Å². The van der Waals surface area contributed by atoms with Gasteiger partial charge in [-0.1, -0.05) is 31.5 Å². The van der Waals surface area contributed by atoms with Crippen molar-refractivity contribution in [2.24, 2.45) is 13.0 Å². The lowest BCUT2D eigenvalue weighted by Gasteiger charge is -2.11. The second-order valence-corrected chi connectivity index (χ2v) is 5.93. The molecule has 1 heterocycles. The van der Waals surface area contributed by atoms with Crippen LogP contribution in [0.2, 0.25) is 0 Å². The highest BCUT2D eigenvalue weighted by Crippen LogP contribution is 2.27. The monoisotopic (exact) mass is 287 g/mol. The van der Waals surface area contributed by atoms with Gasteiger partial charge in [-0.15, -0.1) is 0 Å². The molecule has 0 unspecified atom stereocenters. The van der Waals surface area contributed by atoms with E-state index in [0.29, 0.717) is 5.92 Å². The Morgan fingerprint density at radius 2 is 1.86 bits per heavy atom. The minimum atomic E-state index is 0.628. The van der Waals surface area contributed by atoms with E-state index in [1.165, 1.54) is 5.56 Å². The molecule has 1 N–H and O–H groups in total. The molecule has 0 amide bonds. The van der Waals surface area contributed by atoms with Gasteiger partial charge < -0.3 is 10.1 Å². The number of benzene rings is 1. The Kier molecular flexibility index (Phi) is 5.02. The van der Waals surface area contributed by atoms with Gasteiger partial charge in [-0.2, -0.15) is 5.10 Å². The fourth-order valence-electron chi connectivity index (χ4n) is 2.22. The Morgan fingerprint density at radius 1 is 1.19 bits per heavy atom. The molecule has 2 rings (SSSR count). The zero-order chi connectivity index (χ0) is 15.4. The first-order chi connectivity index (χ1) is 9.97. The zero-order valence-electron chi connectivity index (χ0n) is 13.6. The molecular weight excluding hydrogens is 262 g/mol. The van der Waals surface area contributed by atoms with Gasteiger partial charge in [0.25, 0.3) is 0 Å². The summed E-state index contributed by atoms with van der Waals surface area (Å²) in [5.41, 5.74) is 3.36. The van der Waals surface area contributed by atoms with Crippen molar-refractivity contribution in [3.8, 4) is 11.6 Å². The number of hydrogen-bond acceptors (Lipinski definition) is 3. The van der Waals surface area contributed by atoms with Crippen LogP contribution in [-0.2, 0) is 13.6 Å². The highest BCUT2D eigenvalue weighted by Gasteiger charge is 2.15. The smallest absolute Gasteiger partial charge is 0.222 e. The quantitative estimate of drug-likeness (QED) is 0.882. The van der Waals surface area contributed by atoms with Crippen LogP contribution in [0.25, 0.3) is 0 Å². The Balaban J connectivity index is 2.16. The van der Waals surface area contributed by atoms with Gasteiger partial charge in [0.05, 0.1) is 11.3 Å². The third-order valence-corrected chi connectivity index (χ3v) is 3.38. The van der Waals surface area contributed by atoms with Crippen molar-refractivity contribution in [2.75, 3.05) is 6.54 Å². The molecule has 0 radical (unpaired) electrons. The molecule has 2 aromatic rings. The van der Waals surface area contributed by atoms with E-state index < -0.39 is 0 Å². The van der Waals surface area contributed by atoms with E-state index in [-0.39, 0.29) is 0 Å². The number of nitrogens with one attached hydrogen (secondary N) is 1. The van der Waals surface area contributed by atoms with Crippen LogP contribution in [0.1, 0.15) is 30.7 Å². The maximum atomic E-state index is 6.03. The molecule has 0 bridgehead atoms. The van der Waals surface area contributed by atoms with Crippen molar-refractivity contribution >= 4 is 0 Å². The van der Waals surface area contributed by atoms with Gasteiger partial charge in [0.15, 0.2) is 0 Å². The largest absolute Gasteiger partial charge is 0.439 e. The summed E-state index contributed by atoms with van der Waals surface area (Å²) in [6.45, 7) is 10.3. The van der Waals surface area contributed by atoms with E-state index in [1.807, 2.05) is 30.8 Å². The van der Waals surface area contributed by atoms with Crippen LogP contribution in [0.15, 0.2) is 24.3 Å². The summed E-state index contributed by atoms with van der Waals surface area (Å²) < 4.78 is 7.84. The lowest BCUT2D eigenvalue weighted by Crippen LogP contribution is -2.19. The third-order valence-electron chi connectivity index (χ3n) is 3.38. The van der Waals surface area contributed by atoms with E-state index >= 15 is 0 Å². The average Bonchev–Trinajstić information content (AvgIpc) is 2.68. The molecule has 4 nitrogen and oxygen atoms in total. The number of ether oxygens (including phenoxy) is 1. The molecule has 4 heteroatoms. The molecule has 1 aromatic carbocycles. The topological polar surface area (TPSA) is 39.1 Å². The third kappa shape index (κ3) is 4.08. The first kappa shape index (κ1) is 15.6. The molecule has 0 spiro atoms. The summed E-state index contributed by atoms with van der Waals surface area (Å²) in [5, 5.41) is 7.93. The van der Waals surface area contributed by atoms with Crippen LogP contribution in [0.4, 0.5) is 0 Å². The van der Waals surface area contributed by atoms with Crippen LogP contribution in [0.5, 0.6) is 11.6 Å². The van der Waals surface area contributed by atoms with Gasteiger partial charge in [-0.25, -0.2) is 4.68 Å². The van der Waals surface area contributed by atoms with Gasteiger partial charge in [0, 0.05) is 13.6 Å². The molecule has 0 aliphatic carbocycles. The van der Waals surface area contributed by atoms with E-state index in [9.17, 15) is 0 Å². The van der Waals surface area contributed by atoms with Gasteiger partial charge in [-0.3, -0.25) is 0 Å². The van der Waals surface area contributed by atoms with Crippen molar-refractivity contribution in [1.82, 2.24) is 15.1 Å². The average molecular weight is 287 g/mol. The summed E-state index contributed by atoms with van der Waals surface area (Å²) >= 11 is 0. The van der Waals surface area contributed by atoms with E-state index in [1.54, 1.807) is 0 Å². The SMILES string of the molecule is Cc1ccc(Oc2c(CNCC(C)C)c(C)nn2C)cc1. The highest BCUT2D eigenvalue weighted by molar-refractivity contribution is 5.36. The van der Waals surface area contributed by atoms with Gasteiger partial charge in [-0.05, 0) is 38.4 Å². The predicted molar refractivity (Wildman–Crippen MR) is 85.7 cm³/mol. The van der Waals surface area contributed by atoms with Crippen LogP contribution in [0, 0.1) is 19.8 Å². The summed E-state index contributed by atoms with van der Waals surface area (Å²) in [4.78, 5) is 0. The standard InChI is InChI=1S/C17H25N3O/c1-12(2)10-18-11-16-14(4)19-20(5)17(16)21-15-8-6-13(3)7-9-15/h6-9,12,18H,10-11H2,1-5H3. The normalized spacial score (nSPS) is 11.1. The first-order valence-corrected chi connectivity index (χ1v) is 7.45. The molecule has 1 aromatic heterocycles. The van der Waals surface area contributed by atoms with Crippen LogP contribution < -0.4 is 10.1 Å². The summed E-state index contributed by atoms with van der Waals surface area (Å²) in [5.74, 6) is 2.28. The lowest BCUT2D eigenvalue weighted by atomic mass is 10.2. The van der Waals surface area contributed by atoms with E-state index in [2.05, 4.69) is 43.3 Å². The zero-order valence-corrected chi connectivity index (χ0v) is 13.6. The highest BCUT2D eigenvalue weighted by atomic mass is 16.5. The van der Waals surface area contributed by atoms with Crippen LogP contribution >= 0.6 is 0 Å². The molecule has 0 fully saturated rings. The maximum Gasteiger partial charge on any atom is 0.222 e. The van der Waals surface area contributed by atoms with Crippen LogP contribution in [0.3, 0.4) is 0 Å². The summed E-state index contributed by atoms with van der Waals surface area (Å²) in [6.07, 6.45) is 0. The first-order valence-electron chi connectivity index (χ1n) is 7.45. The number of rotatable bonds is 6. The van der Waals surface area contributed by atoms with Crippen molar-refractivity contribution in [1.29, 1.82) is 0 Å². The van der Waals surface area contributed by atoms with Crippen molar-refractivity contribution in [2.45, 2.75) is 34.2 Å². The van der Waals surface area contributed by atoms with Gasteiger partial charge in [0.2, 0.25) is 5.88 Å². The van der Waals surface area contributed by atoms with Crippen molar-refractivity contribution in [3.63, 3.8) is 0 Å². The molecule has 0 saturated carbocycles. The van der Waals surface area contributed by atoms with Crippen LogP contribution in [-0.4, -0.2) is 16.3 Å². The Hall–Kier alpha value is -1.81.